The quantitative estimate of drug-likeness (QED) is 0.881. The van der Waals surface area contributed by atoms with Crippen molar-refractivity contribution in [3.05, 3.63) is 33.8 Å². The standard InChI is InChI=1S/C11H15BrN2O/c1-7-5-9(3-4-10(7)12)11(15)14-8(2)6-13/h3-5,8H,6,13H2,1-2H3,(H,14,15). The highest BCUT2D eigenvalue weighted by atomic mass is 79.9. The van der Waals surface area contributed by atoms with Crippen molar-refractivity contribution < 1.29 is 4.79 Å². The maximum absolute atomic E-state index is 11.7. The molecule has 1 atom stereocenters. The van der Waals surface area contributed by atoms with Crippen LogP contribution in [0.25, 0.3) is 0 Å². The Kier molecular flexibility index (Phi) is 4.29. The van der Waals surface area contributed by atoms with E-state index in [-0.39, 0.29) is 11.9 Å². The summed E-state index contributed by atoms with van der Waals surface area (Å²) >= 11 is 3.39. The van der Waals surface area contributed by atoms with Gasteiger partial charge in [0.05, 0.1) is 0 Å². The molecule has 0 aliphatic carbocycles. The zero-order valence-electron chi connectivity index (χ0n) is 8.88. The molecule has 0 aliphatic heterocycles. The second-order valence-corrected chi connectivity index (χ2v) is 4.43. The smallest absolute Gasteiger partial charge is 0.251 e. The number of carbonyl (C=O) groups excluding carboxylic acids is 1. The summed E-state index contributed by atoms with van der Waals surface area (Å²) in [5, 5.41) is 2.81. The summed E-state index contributed by atoms with van der Waals surface area (Å²) in [7, 11) is 0. The van der Waals surface area contributed by atoms with Crippen LogP contribution in [0.5, 0.6) is 0 Å². The molecule has 0 spiro atoms. The van der Waals surface area contributed by atoms with Crippen molar-refractivity contribution >= 4 is 21.8 Å². The third-order valence-corrected chi connectivity index (χ3v) is 3.04. The molecule has 3 nitrogen and oxygen atoms in total. The van der Waals surface area contributed by atoms with Crippen LogP contribution in [0.3, 0.4) is 0 Å². The fourth-order valence-corrected chi connectivity index (χ4v) is 1.40. The predicted molar refractivity (Wildman–Crippen MR) is 64.9 cm³/mol. The Morgan fingerprint density at radius 2 is 2.27 bits per heavy atom. The molecule has 1 rings (SSSR count). The molecule has 3 N–H and O–H groups in total. The van der Waals surface area contributed by atoms with Gasteiger partial charge < -0.3 is 11.1 Å². The van der Waals surface area contributed by atoms with Gasteiger partial charge in [0.15, 0.2) is 0 Å². The Morgan fingerprint density at radius 3 is 2.80 bits per heavy atom. The van der Waals surface area contributed by atoms with E-state index in [0.29, 0.717) is 12.1 Å². The van der Waals surface area contributed by atoms with Crippen molar-refractivity contribution in [1.82, 2.24) is 5.32 Å². The molecule has 82 valence electrons. The topological polar surface area (TPSA) is 55.1 Å². The van der Waals surface area contributed by atoms with Crippen molar-refractivity contribution in [2.75, 3.05) is 6.54 Å². The van der Waals surface area contributed by atoms with Gasteiger partial charge in [-0.25, -0.2) is 0 Å². The van der Waals surface area contributed by atoms with Gasteiger partial charge in [-0.3, -0.25) is 4.79 Å². The van der Waals surface area contributed by atoms with Gasteiger partial charge >= 0.3 is 0 Å². The minimum atomic E-state index is -0.0800. The molecule has 0 heterocycles. The molecule has 0 aliphatic rings. The van der Waals surface area contributed by atoms with Gasteiger partial charge in [0, 0.05) is 22.6 Å². The van der Waals surface area contributed by atoms with Gasteiger partial charge in [-0.2, -0.15) is 0 Å². The highest BCUT2D eigenvalue weighted by molar-refractivity contribution is 9.10. The van der Waals surface area contributed by atoms with Crippen LogP contribution >= 0.6 is 15.9 Å². The second kappa shape index (κ2) is 5.28. The monoisotopic (exact) mass is 270 g/mol. The van der Waals surface area contributed by atoms with E-state index in [1.54, 1.807) is 6.07 Å². The molecule has 1 aromatic rings. The lowest BCUT2D eigenvalue weighted by atomic mass is 10.1. The number of amides is 1. The molecule has 0 aromatic heterocycles. The number of hydrogen-bond donors (Lipinski definition) is 2. The Balaban J connectivity index is 2.78. The van der Waals surface area contributed by atoms with Crippen LogP contribution in [0.1, 0.15) is 22.8 Å². The highest BCUT2D eigenvalue weighted by Gasteiger charge is 2.09. The number of benzene rings is 1. The van der Waals surface area contributed by atoms with E-state index < -0.39 is 0 Å². The first-order valence-electron chi connectivity index (χ1n) is 4.81. The molecule has 0 saturated carbocycles. The largest absolute Gasteiger partial charge is 0.348 e. The van der Waals surface area contributed by atoms with Crippen molar-refractivity contribution in [3.8, 4) is 0 Å². The van der Waals surface area contributed by atoms with Gasteiger partial charge in [0.1, 0.15) is 0 Å². The SMILES string of the molecule is Cc1cc(C(=O)NC(C)CN)ccc1Br. The first-order valence-corrected chi connectivity index (χ1v) is 5.61. The predicted octanol–water partition coefficient (Wildman–Crippen LogP) is 1.83. The summed E-state index contributed by atoms with van der Waals surface area (Å²) in [6.07, 6.45) is 0. The van der Waals surface area contributed by atoms with Crippen LogP contribution in [0.4, 0.5) is 0 Å². The van der Waals surface area contributed by atoms with Crippen molar-refractivity contribution in [1.29, 1.82) is 0 Å². The van der Waals surface area contributed by atoms with Crippen LogP contribution in [0.2, 0.25) is 0 Å². The maximum Gasteiger partial charge on any atom is 0.251 e. The Morgan fingerprint density at radius 1 is 1.60 bits per heavy atom. The van der Waals surface area contributed by atoms with Crippen molar-refractivity contribution in [2.24, 2.45) is 5.73 Å². The number of rotatable bonds is 3. The summed E-state index contributed by atoms with van der Waals surface area (Å²) in [5.41, 5.74) is 7.14. The van der Waals surface area contributed by atoms with E-state index in [9.17, 15) is 4.79 Å². The van der Waals surface area contributed by atoms with E-state index in [4.69, 9.17) is 5.73 Å². The average Bonchev–Trinajstić information content (AvgIpc) is 2.21. The summed E-state index contributed by atoms with van der Waals surface area (Å²) in [4.78, 5) is 11.7. The van der Waals surface area contributed by atoms with Crippen LogP contribution in [-0.2, 0) is 0 Å². The number of carbonyl (C=O) groups is 1. The molecule has 1 aromatic carbocycles. The number of aryl methyl sites for hydroxylation is 1. The van der Waals surface area contributed by atoms with Gasteiger partial charge in [-0.1, -0.05) is 15.9 Å². The van der Waals surface area contributed by atoms with E-state index in [1.807, 2.05) is 26.0 Å². The molecule has 15 heavy (non-hydrogen) atoms. The summed E-state index contributed by atoms with van der Waals surface area (Å²) < 4.78 is 1.01. The lowest BCUT2D eigenvalue weighted by Gasteiger charge is -2.11. The number of hydrogen-bond acceptors (Lipinski definition) is 2. The fourth-order valence-electron chi connectivity index (χ4n) is 1.15. The van der Waals surface area contributed by atoms with E-state index in [0.717, 1.165) is 10.0 Å². The lowest BCUT2D eigenvalue weighted by molar-refractivity contribution is 0.0941. The molecule has 0 radical (unpaired) electrons. The molecular formula is C11H15BrN2O. The Bertz CT molecular complexity index is 366. The van der Waals surface area contributed by atoms with E-state index >= 15 is 0 Å². The van der Waals surface area contributed by atoms with E-state index in [2.05, 4.69) is 21.2 Å². The zero-order chi connectivity index (χ0) is 11.4. The summed E-state index contributed by atoms with van der Waals surface area (Å²) in [6.45, 7) is 4.28. The number of halogens is 1. The van der Waals surface area contributed by atoms with Gasteiger partial charge in [0.2, 0.25) is 0 Å². The normalized spacial score (nSPS) is 12.3. The summed E-state index contributed by atoms with van der Waals surface area (Å²) in [6, 6.07) is 5.51. The van der Waals surface area contributed by atoms with Crippen molar-refractivity contribution in [3.63, 3.8) is 0 Å². The molecule has 1 unspecified atom stereocenters. The van der Waals surface area contributed by atoms with Crippen molar-refractivity contribution in [2.45, 2.75) is 19.9 Å². The third-order valence-electron chi connectivity index (χ3n) is 2.15. The second-order valence-electron chi connectivity index (χ2n) is 3.57. The number of nitrogens with one attached hydrogen (secondary N) is 1. The molecule has 1 amide bonds. The summed E-state index contributed by atoms with van der Waals surface area (Å²) in [5.74, 6) is -0.0800. The van der Waals surface area contributed by atoms with Gasteiger partial charge in [0.25, 0.3) is 5.91 Å². The average molecular weight is 271 g/mol. The molecule has 4 heteroatoms. The minimum absolute atomic E-state index is 0.00135. The van der Waals surface area contributed by atoms with E-state index in [1.165, 1.54) is 0 Å². The van der Waals surface area contributed by atoms with Crippen LogP contribution in [0, 0.1) is 6.92 Å². The number of nitrogens with two attached hydrogens (primary N) is 1. The van der Waals surface area contributed by atoms with Crippen LogP contribution in [-0.4, -0.2) is 18.5 Å². The fraction of sp³-hybridized carbons (Fsp3) is 0.364. The molecule has 0 fully saturated rings. The zero-order valence-corrected chi connectivity index (χ0v) is 10.5. The van der Waals surface area contributed by atoms with Crippen LogP contribution in [0.15, 0.2) is 22.7 Å². The maximum atomic E-state index is 11.7. The molecular weight excluding hydrogens is 256 g/mol. The van der Waals surface area contributed by atoms with Gasteiger partial charge in [-0.05, 0) is 37.6 Å². The van der Waals surface area contributed by atoms with Gasteiger partial charge in [-0.15, -0.1) is 0 Å². The molecule has 0 bridgehead atoms. The lowest BCUT2D eigenvalue weighted by Crippen LogP contribution is -2.37. The Hall–Kier alpha value is -0.870. The first kappa shape index (κ1) is 12.2. The minimum Gasteiger partial charge on any atom is -0.348 e. The Labute approximate surface area is 98.2 Å². The first-order chi connectivity index (χ1) is 7.04. The highest BCUT2D eigenvalue weighted by Crippen LogP contribution is 2.16. The third kappa shape index (κ3) is 3.32. The molecule has 0 saturated heterocycles. The van der Waals surface area contributed by atoms with Crippen LogP contribution < -0.4 is 11.1 Å².